The number of aryl methyl sites for hydroxylation is 1. The van der Waals surface area contributed by atoms with E-state index in [-0.39, 0.29) is 5.91 Å². The van der Waals surface area contributed by atoms with Crippen molar-refractivity contribution in [3.63, 3.8) is 0 Å². The van der Waals surface area contributed by atoms with E-state index in [9.17, 15) is 9.59 Å². The van der Waals surface area contributed by atoms with Gasteiger partial charge in [0.05, 0.1) is 18.4 Å². The van der Waals surface area contributed by atoms with E-state index in [2.05, 4.69) is 11.2 Å². The molecule has 1 rings (SSSR count). The second-order valence-electron chi connectivity index (χ2n) is 4.50. The summed E-state index contributed by atoms with van der Waals surface area (Å²) in [5.41, 5.74) is 1.77. The SMILES string of the molecule is C#CCCCCC(=O)Nc1ccc(C)cc1C(=O)OC. The van der Waals surface area contributed by atoms with Gasteiger partial charge in [0.2, 0.25) is 5.91 Å². The van der Waals surface area contributed by atoms with Crippen LogP contribution >= 0.6 is 0 Å². The predicted octanol–water partition coefficient (Wildman–Crippen LogP) is 2.91. The molecule has 0 heterocycles. The molecule has 1 aromatic rings. The standard InChI is InChI=1S/C16H19NO3/c1-4-5-6-7-8-15(18)17-14-10-9-12(2)11-13(14)16(19)20-3/h1,9-11H,5-8H2,2-3H3,(H,17,18). The smallest absolute Gasteiger partial charge is 0.339 e. The molecule has 0 spiro atoms. The van der Waals surface area contributed by atoms with Crippen LogP contribution in [-0.4, -0.2) is 19.0 Å². The van der Waals surface area contributed by atoms with Crippen molar-refractivity contribution < 1.29 is 14.3 Å². The fourth-order valence-electron chi connectivity index (χ4n) is 1.77. The van der Waals surface area contributed by atoms with Crippen molar-refractivity contribution in [2.24, 2.45) is 0 Å². The fourth-order valence-corrected chi connectivity index (χ4v) is 1.77. The van der Waals surface area contributed by atoms with E-state index in [4.69, 9.17) is 11.2 Å². The van der Waals surface area contributed by atoms with Gasteiger partial charge in [-0.1, -0.05) is 11.6 Å². The van der Waals surface area contributed by atoms with Crippen molar-refractivity contribution in [3.05, 3.63) is 29.3 Å². The summed E-state index contributed by atoms with van der Waals surface area (Å²) in [7, 11) is 1.32. The molecule has 106 valence electrons. The van der Waals surface area contributed by atoms with Crippen molar-refractivity contribution in [1.82, 2.24) is 0 Å². The maximum atomic E-state index is 11.8. The Labute approximate surface area is 119 Å². The number of unbranched alkanes of at least 4 members (excludes halogenated alkanes) is 2. The number of rotatable bonds is 6. The van der Waals surface area contributed by atoms with Gasteiger partial charge in [0.25, 0.3) is 0 Å². The molecule has 1 N–H and O–H groups in total. The van der Waals surface area contributed by atoms with Gasteiger partial charge in [-0.2, -0.15) is 0 Å². The number of hydrogen-bond acceptors (Lipinski definition) is 3. The van der Waals surface area contributed by atoms with Crippen LogP contribution in [0.25, 0.3) is 0 Å². The second kappa shape index (κ2) is 8.00. The van der Waals surface area contributed by atoms with E-state index in [1.165, 1.54) is 7.11 Å². The molecule has 0 saturated heterocycles. The normalized spacial score (nSPS) is 9.65. The van der Waals surface area contributed by atoms with E-state index < -0.39 is 5.97 Å². The first-order valence-electron chi connectivity index (χ1n) is 6.50. The highest BCUT2D eigenvalue weighted by molar-refractivity contribution is 6.01. The maximum absolute atomic E-state index is 11.8. The molecule has 0 aliphatic carbocycles. The van der Waals surface area contributed by atoms with Crippen molar-refractivity contribution in [3.8, 4) is 12.3 Å². The van der Waals surface area contributed by atoms with Crippen LogP contribution in [0, 0.1) is 19.3 Å². The molecule has 0 aliphatic rings. The number of methoxy groups -OCH3 is 1. The molecule has 0 saturated carbocycles. The average molecular weight is 273 g/mol. The van der Waals surface area contributed by atoms with Gasteiger partial charge < -0.3 is 10.1 Å². The molecule has 0 atom stereocenters. The summed E-state index contributed by atoms with van der Waals surface area (Å²) in [5, 5.41) is 2.74. The van der Waals surface area contributed by atoms with Gasteiger partial charge in [0.15, 0.2) is 0 Å². The van der Waals surface area contributed by atoms with E-state index in [0.29, 0.717) is 24.1 Å². The van der Waals surface area contributed by atoms with Crippen LogP contribution in [0.1, 0.15) is 41.6 Å². The van der Waals surface area contributed by atoms with Crippen molar-refractivity contribution in [1.29, 1.82) is 0 Å². The molecule has 0 fully saturated rings. The van der Waals surface area contributed by atoms with Gasteiger partial charge in [-0.3, -0.25) is 4.79 Å². The molecule has 1 amide bonds. The van der Waals surface area contributed by atoms with Crippen LogP contribution < -0.4 is 5.32 Å². The lowest BCUT2D eigenvalue weighted by Gasteiger charge is -2.10. The molecular formula is C16H19NO3. The zero-order valence-corrected chi connectivity index (χ0v) is 11.9. The number of anilines is 1. The summed E-state index contributed by atoms with van der Waals surface area (Å²) in [6, 6.07) is 5.24. The number of amides is 1. The van der Waals surface area contributed by atoms with Crippen LogP contribution in [0.15, 0.2) is 18.2 Å². The van der Waals surface area contributed by atoms with Gasteiger partial charge >= 0.3 is 5.97 Å². The van der Waals surface area contributed by atoms with Crippen molar-refractivity contribution >= 4 is 17.6 Å². The molecule has 0 aliphatic heterocycles. The van der Waals surface area contributed by atoms with Crippen LogP contribution in [-0.2, 0) is 9.53 Å². The zero-order valence-electron chi connectivity index (χ0n) is 11.9. The van der Waals surface area contributed by atoms with Crippen LogP contribution in [0.2, 0.25) is 0 Å². The number of carbonyl (C=O) groups excluding carboxylic acids is 2. The maximum Gasteiger partial charge on any atom is 0.339 e. The Balaban J connectivity index is 2.69. The third-order valence-electron chi connectivity index (χ3n) is 2.83. The Morgan fingerprint density at radius 2 is 2.10 bits per heavy atom. The van der Waals surface area contributed by atoms with Crippen LogP contribution in [0.4, 0.5) is 5.69 Å². The quantitative estimate of drug-likeness (QED) is 0.492. The Morgan fingerprint density at radius 1 is 1.35 bits per heavy atom. The molecule has 0 unspecified atom stereocenters. The minimum Gasteiger partial charge on any atom is -0.465 e. The van der Waals surface area contributed by atoms with Gasteiger partial charge in [0.1, 0.15) is 0 Å². The summed E-state index contributed by atoms with van der Waals surface area (Å²) in [6.45, 7) is 1.87. The minimum absolute atomic E-state index is 0.129. The monoisotopic (exact) mass is 273 g/mol. The molecule has 20 heavy (non-hydrogen) atoms. The summed E-state index contributed by atoms with van der Waals surface area (Å²) in [6.07, 6.45) is 7.76. The number of nitrogens with one attached hydrogen (secondary N) is 1. The van der Waals surface area contributed by atoms with Crippen LogP contribution in [0.5, 0.6) is 0 Å². The van der Waals surface area contributed by atoms with Gasteiger partial charge in [0, 0.05) is 12.8 Å². The minimum atomic E-state index is -0.462. The highest BCUT2D eigenvalue weighted by Gasteiger charge is 2.13. The fraction of sp³-hybridized carbons (Fsp3) is 0.375. The Kier molecular flexibility index (Phi) is 6.31. The topological polar surface area (TPSA) is 55.4 Å². The number of benzene rings is 1. The zero-order chi connectivity index (χ0) is 15.0. The van der Waals surface area contributed by atoms with E-state index >= 15 is 0 Å². The highest BCUT2D eigenvalue weighted by Crippen LogP contribution is 2.19. The van der Waals surface area contributed by atoms with Gasteiger partial charge in [-0.15, -0.1) is 12.3 Å². The summed E-state index contributed by atoms with van der Waals surface area (Å²) in [5.74, 6) is 1.95. The first-order chi connectivity index (χ1) is 9.58. The molecule has 0 bridgehead atoms. The molecular weight excluding hydrogens is 254 g/mol. The highest BCUT2D eigenvalue weighted by atomic mass is 16.5. The molecule has 0 radical (unpaired) electrons. The summed E-state index contributed by atoms with van der Waals surface area (Å²) >= 11 is 0. The Hall–Kier alpha value is -2.28. The van der Waals surface area contributed by atoms with E-state index in [0.717, 1.165) is 18.4 Å². The molecule has 4 heteroatoms. The first kappa shape index (κ1) is 15.8. The van der Waals surface area contributed by atoms with Crippen molar-refractivity contribution in [2.45, 2.75) is 32.6 Å². The number of ether oxygens (including phenoxy) is 1. The molecule has 4 nitrogen and oxygen atoms in total. The molecule has 0 aromatic heterocycles. The second-order valence-corrected chi connectivity index (χ2v) is 4.50. The Morgan fingerprint density at radius 3 is 2.75 bits per heavy atom. The number of esters is 1. The predicted molar refractivity (Wildman–Crippen MR) is 78.4 cm³/mol. The van der Waals surface area contributed by atoms with Gasteiger partial charge in [-0.05, 0) is 31.9 Å². The van der Waals surface area contributed by atoms with Crippen LogP contribution in [0.3, 0.4) is 0 Å². The third-order valence-corrected chi connectivity index (χ3v) is 2.83. The molecule has 1 aromatic carbocycles. The third kappa shape index (κ3) is 4.77. The summed E-state index contributed by atoms with van der Waals surface area (Å²) < 4.78 is 4.71. The van der Waals surface area contributed by atoms with Crippen molar-refractivity contribution in [2.75, 3.05) is 12.4 Å². The number of terminal acetylenes is 1. The van der Waals surface area contributed by atoms with E-state index in [1.54, 1.807) is 12.1 Å². The van der Waals surface area contributed by atoms with Gasteiger partial charge in [-0.25, -0.2) is 4.79 Å². The lowest BCUT2D eigenvalue weighted by atomic mass is 10.1. The lowest BCUT2D eigenvalue weighted by Crippen LogP contribution is -2.15. The largest absolute Gasteiger partial charge is 0.465 e. The van der Waals surface area contributed by atoms with E-state index in [1.807, 2.05) is 13.0 Å². The summed E-state index contributed by atoms with van der Waals surface area (Å²) in [4.78, 5) is 23.5. The Bertz CT molecular complexity index is 529. The number of hydrogen-bond donors (Lipinski definition) is 1. The number of carbonyl (C=O) groups is 2. The first-order valence-corrected chi connectivity index (χ1v) is 6.50. The lowest BCUT2D eigenvalue weighted by molar-refractivity contribution is -0.116. The average Bonchev–Trinajstić information content (AvgIpc) is 2.44.